The van der Waals surface area contributed by atoms with Gasteiger partial charge in [-0.15, -0.1) is 0 Å². The van der Waals surface area contributed by atoms with Gasteiger partial charge in [-0.1, -0.05) is 65.0 Å². The minimum Gasteiger partial charge on any atom is -0.393 e. The molecular weight excluding hydrogens is 480 g/mol. The molecule has 6 nitrogen and oxygen atoms in total. The third-order valence-electron chi connectivity index (χ3n) is 8.02. The number of hydrogen-bond donors (Lipinski definition) is 1. The van der Waals surface area contributed by atoms with E-state index in [1.165, 1.54) is 0 Å². The Morgan fingerprint density at radius 2 is 1.82 bits per heavy atom. The van der Waals surface area contributed by atoms with Crippen molar-refractivity contribution in [1.29, 1.82) is 0 Å². The van der Waals surface area contributed by atoms with Gasteiger partial charge >= 0.3 is 0 Å². The highest BCUT2D eigenvalue weighted by Gasteiger charge is 2.48. The molecule has 218 valence electrons. The van der Waals surface area contributed by atoms with E-state index >= 15 is 0 Å². The van der Waals surface area contributed by atoms with Crippen molar-refractivity contribution in [3.8, 4) is 0 Å². The molecule has 6 heteroatoms. The fourth-order valence-electron chi connectivity index (χ4n) is 5.74. The normalized spacial score (nSPS) is 25.0. The zero-order chi connectivity index (χ0) is 27.1. The van der Waals surface area contributed by atoms with E-state index in [0.717, 1.165) is 44.1 Å². The first-order chi connectivity index (χ1) is 17.5. The number of Topliss-reactive ketones (excluding diaryl/α,β-unsaturated/α-hetero) is 1. The summed E-state index contributed by atoms with van der Waals surface area (Å²) in [4.78, 5) is 14.6. The summed E-state index contributed by atoms with van der Waals surface area (Å²) >= 11 is 0. The van der Waals surface area contributed by atoms with Crippen LogP contribution in [0, 0.1) is 17.3 Å². The standard InChI is InChI=1S/C31H50O6.CH4/c1-22(13-12-14-23(2)32)28(36-27-17-10-11-19-34-27)25(21-24-15-8-7-9-16-24)29(33)30(3,4)26-18-20-35-31(5,6)37-26;/h7-9,15-16,22-23,25-28,32H,10-14,17-21H2,1-6H3;1H4/t22-,23?,25+,26-,27?,28?;/m0./s1. The van der Waals surface area contributed by atoms with Crippen molar-refractivity contribution in [2.75, 3.05) is 13.2 Å². The summed E-state index contributed by atoms with van der Waals surface area (Å²) in [6.45, 7) is 13.1. The highest BCUT2D eigenvalue weighted by Crippen LogP contribution is 2.40. The number of ether oxygens (including phenoxy) is 4. The first kappa shape index (κ1) is 32.9. The third-order valence-corrected chi connectivity index (χ3v) is 8.02. The zero-order valence-electron chi connectivity index (χ0n) is 23.9. The van der Waals surface area contributed by atoms with E-state index in [-0.39, 0.29) is 49.6 Å². The maximum absolute atomic E-state index is 14.6. The lowest BCUT2D eigenvalue weighted by atomic mass is 9.70. The van der Waals surface area contributed by atoms with Crippen LogP contribution in [0.3, 0.4) is 0 Å². The van der Waals surface area contributed by atoms with Crippen LogP contribution in [-0.2, 0) is 30.2 Å². The molecule has 0 radical (unpaired) electrons. The fraction of sp³-hybridized carbons (Fsp3) is 0.781. The summed E-state index contributed by atoms with van der Waals surface area (Å²) < 4.78 is 24.8. The molecule has 3 rings (SSSR count). The summed E-state index contributed by atoms with van der Waals surface area (Å²) in [5.74, 6) is -0.763. The minimum atomic E-state index is -0.713. The molecule has 3 unspecified atom stereocenters. The molecule has 0 spiro atoms. The lowest BCUT2D eigenvalue weighted by molar-refractivity contribution is -0.289. The van der Waals surface area contributed by atoms with E-state index < -0.39 is 11.2 Å². The van der Waals surface area contributed by atoms with E-state index in [4.69, 9.17) is 18.9 Å². The summed E-state index contributed by atoms with van der Waals surface area (Å²) in [6.07, 6.45) is 5.61. The summed E-state index contributed by atoms with van der Waals surface area (Å²) in [5, 5.41) is 9.82. The summed E-state index contributed by atoms with van der Waals surface area (Å²) in [7, 11) is 0. The second-order valence-corrected chi connectivity index (χ2v) is 12.2. The van der Waals surface area contributed by atoms with Crippen LogP contribution in [-0.4, -0.2) is 54.5 Å². The summed E-state index contributed by atoms with van der Waals surface area (Å²) in [6, 6.07) is 10.2. The van der Waals surface area contributed by atoms with Gasteiger partial charge in [0.15, 0.2) is 12.1 Å². The van der Waals surface area contributed by atoms with Crippen molar-refractivity contribution in [2.45, 2.75) is 131 Å². The van der Waals surface area contributed by atoms with Crippen LogP contribution in [0.15, 0.2) is 30.3 Å². The Morgan fingerprint density at radius 3 is 2.42 bits per heavy atom. The van der Waals surface area contributed by atoms with E-state index in [2.05, 4.69) is 19.1 Å². The number of aliphatic hydroxyl groups is 1. The van der Waals surface area contributed by atoms with E-state index in [0.29, 0.717) is 26.1 Å². The number of ketones is 1. The van der Waals surface area contributed by atoms with Gasteiger partial charge in [-0.2, -0.15) is 0 Å². The van der Waals surface area contributed by atoms with Gasteiger partial charge < -0.3 is 24.1 Å². The number of rotatable bonds is 13. The molecule has 1 N–H and O–H groups in total. The van der Waals surface area contributed by atoms with Crippen LogP contribution >= 0.6 is 0 Å². The van der Waals surface area contributed by atoms with Crippen molar-refractivity contribution in [2.24, 2.45) is 17.3 Å². The van der Waals surface area contributed by atoms with Crippen molar-refractivity contribution in [3.63, 3.8) is 0 Å². The summed E-state index contributed by atoms with van der Waals surface area (Å²) in [5.41, 5.74) is 0.411. The Kier molecular flexibility index (Phi) is 12.9. The van der Waals surface area contributed by atoms with Crippen molar-refractivity contribution in [1.82, 2.24) is 0 Å². The van der Waals surface area contributed by atoms with Crippen molar-refractivity contribution < 1.29 is 28.8 Å². The molecule has 1 aromatic rings. The smallest absolute Gasteiger partial charge is 0.163 e. The molecule has 2 heterocycles. The predicted molar refractivity (Wildman–Crippen MR) is 152 cm³/mol. The lowest BCUT2D eigenvalue weighted by Gasteiger charge is -2.45. The Hall–Kier alpha value is -1.31. The number of aliphatic hydroxyl groups excluding tert-OH is 1. The van der Waals surface area contributed by atoms with E-state index in [9.17, 15) is 9.90 Å². The molecule has 2 fully saturated rings. The molecule has 2 aliphatic rings. The van der Waals surface area contributed by atoms with Gasteiger partial charge in [0.1, 0.15) is 5.78 Å². The fourth-order valence-corrected chi connectivity index (χ4v) is 5.74. The third kappa shape index (κ3) is 9.41. The SMILES string of the molecule is C.CC(O)CCC[C@H](C)C(OC1CCCCO1)[C@@H](Cc1ccccc1)C(=O)C(C)(C)[C@@H]1CCOC(C)(C)O1. The molecule has 0 aromatic heterocycles. The molecule has 1 aromatic carbocycles. The monoisotopic (exact) mass is 534 g/mol. The second-order valence-electron chi connectivity index (χ2n) is 12.2. The molecule has 0 aliphatic carbocycles. The highest BCUT2D eigenvalue weighted by atomic mass is 16.7. The number of carbonyl (C=O) groups excluding carboxylic acids is 1. The molecule has 2 saturated heterocycles. The Labute approximate surface area is 231 Å². The predicted octanol–water partition coefficient (Wildman–Crippen LogP) is 6.72. The molecule has 0 bridgehead atoms. The number of benzene rings is 1. The van der Waals surface area contributed by atoms with E-state index in [1.54, 1.807) is 0 Å². The van der Waals surface area contributed by atoms with Crippen LogP contribution in [0.2, 0.25) is 0 Å². The topological polar surface area (TPSA) is 74.2 Å². The van der Waals surface area contributed by atoms with Gasteiger partial charge in [-0.05, 0) is 77.2 Å². The number of carbonyl (C=O) groups is 1. The van der Waals surface area contributed by atoms with Crippen LogP contribution in [0.25, 0.3) is 0 Å². The van der Waals surface area contributed by atoms with E-state index in [1.807, 2.05) is 52.8 Å². The van der Waals surface area contributed by atoms with Crippen LogP contribution < -0.4 is 0 Å². The van der Waals surface area contributed by atoms with Gasteiger partial charge in [0.05, 0.1) is 30.3 Å². The zero-order valence-corrected chi connectivity index (χ0v) is 23.9. The molecular formula is C32H54O6. The Bertz CT molecular complexity index is 814. The highest BCUT2D eigenvalue weighted by molar-refractivity contribution is 5.87. The average molecular weight is 535 g/mol. The minimum absolute atomic E-state index is 0. The quantitative estimate of drug-likeness (QED) is 0.303. The lowest BCUT2D eigenvalue weighted by Crippen LogP contribution is -2.53. The van der Waals surface area contributed by atoms with Gasteiger partial charge in [0, 0.05) is 12.5 Å². The average Bonchev–Trinajstić information content (AvgIpc) is 2.86. The first-order valence-corrected chi connectivity index (χ1v) is 14.3. The van der Waals surface area contributed by atoms with Crippen molar-refractivity contribution in [3.05, 3.63) is 35.9 Å². The molecule has 0 amide bonds. The first-order valence-electron chi connectivity index (χ1n) is 14.3. The van der Waals surface area contributed by atoms with Crippen LogP contribution in [0.4, 0.5) is 0 Å². The Balaban J connectivity index is 0.00000507. The van der Waals surface area contributed by atoms with Gasteiger partial charge in [0.25, 0.3) is 0 Å². The second kappa shape index (κ2) is 14.9. The number of hydrogen-bond acceptors (Lipinski definition) is 6. The van der Waals surface area contributed by atoms with Gasteiger partial charge in [-0.3, -0.25) is 4.79 Å². The Morgan fingerprint density at radius 1 is 1.11 bits per heavy atom. The maximum Gasteiger partial charge on any atom is 0.163 e. The van der Waals surface area contributed by atoms with Gasteiger partial charge in [-0.25, -0.2) is 0 Å². The molecule has 2 aliphatic heterocycles. The van der Waals surface area contributed by atoms with Gasteiger partial charge in [0.2, 0.25) is 0 Å². The van der Waals surface area contributed by atoms with Crippen molar-refractivity contribution >= 4 is 5.78 Å². The van der Waals surface area contributed by atoms with Crippen LogP contribution in [0.1, 0.15) is 99.5 Å². The molecule has 38 heavy (non-hydrogen) atoms. The molecule has 0 saturated carbocycles. The molecule has 6 atom stereocenters. The maximum atomic E-state index is 14.6. The van der Waals surface area contributed by atoms with Crippen LogP contribution in [0.5, 0.6) is 0 Å². The largest absolute Gasteiger partial charge is 0.393 e.